The van der Waals surface area contributed by atoms with E-state index in [2.05, 4.69) is 4.98 Å². The van der Waals surface area contributed by atoms with Crippen LogP contribution in [0.2, 0.25) is 0 Å². The molecule has 0 aromatic carbocycles. The van der Waals surface area contributed by atoms with E-state index in [1.54, 1.807) is 12.3 Å². The number of rotatable bonds is 2. The van der Waals surface area contributed by atoms with E-state index in [1.165, 1.54) is 6.07 Å². The van der Waals surface area contributed by atoms with Gasteiger partial charge in [-0.15, -0.1) is 0 Å². The zero-order valence-electron chi connectivity index (χ0n) is 5.53. The number of alkyl halides is 1. The first kappa shape index (κ1) is 8.38. The zero-order chi connectivity index (χ0) is 8.27. The standard InChI is InChI=1S/C6H5IN2O2/c7-4-5-6(9(10)11)2-1-3-8-5/h1-3H,4H2. The quantitative estimate of drug-likeness (QED) is 0.355. The van der Waals surface area contributed by atoms with E-state index in [1.807, 2.05) is 22.6 Å². The second-order valence-corrected chi connectivity index (χ2v) is 2.62. The first-order valence-corrected chi connectivity index (χ1v) is 4.42. The maximum Gasteiger partial charge on any atom is 0.291 e. The topological polar surface area (TPSA) is 56.0 Å². The molecule has 1 aromatic rings. The largest absolute Gasteiger partial charge is 0.291 e. The van der Waals surface area contributed by atoms with Crippen LogP contribution in [-0.2, 0) is 4.43 Å². The van der Waals surface area contributed by atoms with Crippen LogP contribution in [0.3, 0.4) is 0 Å². The van der Waals surface area contributed by atoms with Crippen LogP contribution in [-0.4, -0.2) is 9.91 Å². The van der Waals surface area contributed by atoms with Crippen molar-refractivity contribution in [1.29, 1.82) is 0 Å². The van der Waals surface area contributed by atoms with E-state index in [0.29, 0.717) is 10.1 Å². The molecule has 0 saturated heterocycles. The van der Waals surface area contributed by atoms with E-state index >= 15 is 0 Å². The predicted molar refractivity (Wildman–Crippen MR) is 48.6 cm³/mol. The minimum absolute atomic E-state index is 0.0990. The van der Waals surface area contributed by atoms with Gasteiger partial charge in [0.25, 0.3) is 5.69 Å². The summed E-state index contributed by atoms with van der Waals surface area (Å²) in [7, 11) is 0. The van der Waals surface area contributed by atoms with Crippen molar-refractivity contribution < 1.29 is 4.92 Å². The summed E-state index contributed by atoms with van der Waals surface area (Å²) in [5.41, 5.74) is 0.625. The normalized spacial score (nSPS) is 9.55. The number of halogens is 1. The highest BCUT2D eigenvalue weighted by molar-refractivity contribution is 14.1. The van der Waals surface area contributed by atoms with Gasteiger partial charge >= 0.3 is 0 Å². The molecule has 1 aromatic heterocycles. The van der Waals surface area contributed by atoms with Crippen LogP contribution in [0, 0.1) is 10.1 Å². The van der Waals surface area contributed by atoms with Gasteiger partial charge in [-0.05, 0) is 6.07 Å². The second-order valence-electron chi connectivity index (χ2n) is 1.86. The summed E-state index contributed by atoms with van der Waals surface area (Å²) in [5.74, 6) is 0. The Kier molecular flexibility index (Phi) is 2.75. The van der Waals surface area contributed by atoms with Crippen molar-refractivity contribution in [2.75, 3.05) is 0 Å². The number of nitrogens with zero attached hydrogens (tertiary/aromatic N) is 2. The molecule has 0 bridgehead atoms. The highest BCUT2D eigenvalue weighted by Gasteiger charge is 2.11. The average Bonchev–Trinajstić information content (AvgIpc) is 2.04. The smallest absolute Gasteiger partial charge is 0.258 e. The zero-order valence-corrected chi connectivity index (χ0v) is 7.69. The van der Waals surface area contributed by atoms with Crippen molar-refractivity contribution >= 4 is 28.3 Å². The molecule has 1 heterocycles. The van der Waals surface area contributed by atoms with E-state index in [4.69, 9.17) is 0 Å². The minimum atomic E-state index is -0.416. The molecule has 0 aliphatic rings. The number of aromatic nitrogens is 1. The van der Waals surface area contributed by atoms with Gasteiger partial charge in [-0.1, -0.05) is 22.6 Å². The van der Waals surface area contributed by atoms with Crippen LogP contribution in [0.4, 0.5) is 5.69 Å². The molecule has 0 aliphatic heterocycles. The molecule has 0 fully saturated rings. The third kappa shape index (κ3) is 1.86. The molecular weight excluding hydrogens is 259 g/mol. The summed E-state index contributed by atoms with van der Waals surface area (Å²) in [4.78, 5) is 13.8. The maximum atomic E-state index is 10.3. The summed E-state index contributed by atoms with van der Waals surface area (Å²) in [5, 5.41) is 10.3. The molecule has 4 nitrogen and oxygen atoms in total. The molecule has 0 N–H and O–H groups in total. The Balaban J connectivity index is 3.12. The summed E-state index contributed by atoms with van der Waals surface area (Å²) in [6, 6.07) is 3.02. The van der Waals surface area contributed by atoms with Gasteiger partial charge in [0.2, 0.25) is 0 Å². The van der Waals surface area contributed by atoms with Crippen LogP contribution in [0.5, 0.6) is 0 Å². The molecule has 0 amide bonds. The van der Waals surface area contributed by atoms with E-state index in [-0.39, 0.29) is 5.69 Å². The Morgan fingerprint density at radius 2 is 2.45 bits per heavy atom. The molecule has 0 atom stereocenters. The molecule has 0 aliphatic carbocycles. The lowest BCUT2D eigenvalue weighted by atomic mass is 10.3. The van der Waals surface area contributed by atoms with Crippen molar-refractivity contribution in [3.05, 3.63) is 34.1 Å². The lowest BCUT2D eigenvalue weighted by molar-refractivity contribution is -0.385. The summed E-state index contributed by atoms with van der Waals surface area (Å²) in [6.45, 7) is 0. The molecule has 58 valence electrons. The molecule has 1 rings (SSSR count). The fourth-order valence-electron chi connectivity index (χ4n) is 0.699. The fourth-order valence-corrected chi connectivity index (χ4v) is 1.29. The van der Waals surface area contributed by atoms with Gasteiger partial charge in [-0.2, -0.15) is 0 Å². The number of hydrogen-bond acceptors (Lipinski definition) is 3. The molecule has 0 radical (unpaired) electrons. The van der Waals surface area contributed by atoms with E-state index < -0.39 is 4.92 Å². The maximum absolute atomic E-state index is 10.3. The Hall–Kier alpha value is -0.720. The van der Waals surface area contributed by atoms with Gasteiger partial charge in [-0.25, -0.2) is 0 Å². The monoisotopic (exact) mass is 264 g/mol. The van der Waals surface area contributed by atoms with Crippen molar-refractivity contribution in [3.8, 4) is 0 Å². The molecule has 11 heavy (non-hydrogen) atoms. The number of hydrogen-bond donors (Lipinski definition) is 0. The summed E-state index contributed by atoms with van der Waals surface area (Å²) < 4.78 is 0.564. The fraction of sp³-hybridized carbons (Fsp3) is 0.167. The van der Waals surface area contributed by atoms with Crippen LogP contribution < -0.4 is 0 Å². The number of nitro groups is 1. The van der Waals surface area contributed by atoms with Gasteiger partial charge in [0, 0.05) is 16.7 Å². The van der Waals surface area contributed by atoms with Gasteiger partial charge in [0.05, 0.1) is 4.92 Å². The van der Waals surface area contributed by atoms with Crippen LogP contribution >= 0.6 is 22.6 Å². The summed E-state index contributed by atoms with van der Waals surface area (Å²) in [6.07, 6.45) is 1.56. The van der Waals surface area contributed by atoms with Crippen molar-refractivity contribution in [3.63, 3.8) is 0 Å². The average molecular weight is 264 g/mol. The van der Waals surface area contributed by atoms with E-state index in [9.17, 15) is 10.1 Å². The predicted octanol–water partition coefficient (Wildman–Crippen LogP) is 1.92. The van der Waals surface area contributed by atoms with Crippen molar-refractivity contribution in [2.24, 2.45) is 0 Å². The van der Waals surface area contributed by atoms with E-state index in [0.717, 1.165) is 0 Å². The molecule has 0 unspecified atom stereocenters. The second kappa shape index (κ2) is 3.61. The van der Waals surface area contributed by atoms with Crippen LogP contribution in [0.1, 0.15) is 5.69 Å². The highest BCUT2D eigenvalue weighted by Crippen LogP contribution is 2.17. The van der Waals surface area contributed by atoms with Gasteiger partial charge in [0.1, 0.15) is 5.69 Å². The Morgan fingerprint density at radius 1 is 1.73 bits per heavy atom. The Bertz CT molecular complexity index is 277. The molecule has 5 heteroatoms. The lowest BCUT2D eigenvalue weighted by Crippen LogP contribution is -1.94. The molecule has 0 spiro atoms. The van der Waals surface area contributed by atoms with Gasteiger partial charge < -0.3 is 0 Å². The Labute approximate surface area is 76.9 Å². The van der Waals surface area contributed by atoms with Gasteiger partial charge in [-0.3, -0.25) is 15.1 Å². The molecule has 0 saturated carbocycles. The van der Waals surface area contributed by atoms with Gasteiger partial charge in [0.15, 0.2) is 0 Å². The first-order valence-electron chi connectivity index (χ1n) is 2.90. The first-order chi connectivity index (χ1) is 5.25. The third-order valence-corrected chi connectivity index (χ3v) is 1.91. The molecular formula is C6H5IN2O2. The summed E-state index contributed by atoms with van der Waals surface area (Å²) >= 11 is 2.05. The van der Waals surface area contributed by atoms with Crippen molar-refractivity contribution in [1.82, 2.24) is 4.98 Å². The minimum Gasteiger partial charge on any atom is -0.258 e. The number of pyridine rings is 1. The highest BCUT2D eigenvalue weighted by atomic mass is 127. The van der Waals surface area contributed by atoms with Crippen LogP contribution in [0.15, 0.2) is 18.3 Å². The Morgan fingerprint density at radius 3 is 2.91 bits per heavy atom. The van der Waals surface area contributed by atoms with Crippen molar-refractivity contribution in [2.45, 2.75) is 4.43 Å². The third-order valence-electron chi connectivity index (χ3n) is 1.19. The van der Waals surface area contributed by atoms with Crippen LogP contribution in [0.25, 0.3) is 0 Å². The SMILES string of the molecule is O=[N+]([O-])c1cccnc1CI. The lowest BCUT2D eigenvalue weighted by Gasteiger charge is -1.94.